The Morgan fingerprint density at radius 3 is 1.74 bits per heavy atom. The Morgan fingerprint density at radius 2 is 1.05 bits per heavy atom. The first-order valence-corrected chi connectivity index (χ1v) is 20.8. The monoisotopic (exact) mass is 821 g/mol. The van der Waals surface area contributed by atoms with E-state index in [9.17, 15) is 18.3 Å². The fourth-order valence-electron chi connectivity index (χ4n) is 8.17. The smallest absolute Gasteiger partial charge is 0.416 e. The Morgan fingerprint density at radius 1 is 0.452 bits per heavy atom. The van der Waals surface area contributed by atoms with E-state index in [1.807, 2.05) is 83.6 Å². The summed E-state index contributed by atoms with van der Waals surface area (Å²) in [7, 11) is 0. The van der Waals surface area contributed by atoms with Gasteiger partial charge in [-0.2, -0.15) is 13.2 Å². The normalized spacial score (nSPS) is 12.3. The molecule has 62 heavy (non-hydrogen) atoms. The molecule has 0 aliphatic carbocycles. The number of aromatic nitrogens is 3. The predicted molar refractivity (Wildman–Crippen MR) is 248 cm³/mol. The van der Waals surface area contributed by atoms with Gasteiger partial charge < -0.3 is 9.67 Å². The second kappa shape index (κ2) is 15.2. The van der Waals surface area contributed by atoms with Crippen molar-refractivity contribution in [3.63, 3.8) is 0 Å². The maximum Gasteiger partial charge on any atom is 0.416 e. The fraction of sp³-hybridized carbons (Fsp3) is 0.164. The number of halogens is 3. The lowest BCUT2D eigenvalue weighted by Crippen LogP contribution is -2.16. The summed E-state index contributed by atoms with van der Waals surface area (Å²) in [5, 5.41) is 13.0. The lowest BCUT2D eigenvalue weighted by molar-refractivity contribution is -0.137. The van der Waals surface area contributed by atoms with Crippen LogP contribution in [0, 0.1) is 0 Å². The van der Waals surface area contributed by atoms with Crippen LogP contribution in [0.4, 0.5) is 13.2 Å². The van der Waals surface area contributed by atoms with E-state index in [2.05, 4.69) is 96.1 Å². The Balaban J connectivity index is 1.12. The van der Waals surface area contributed by atoms with Gasteiger partial charge in [-0.25, -0.2) is 4.98 Å². The van der Waals surface area contributed by atoms with E-state index in [1.54, 1.807) is 6.07 Å². The van der Waals surface area contributed by atoms with Crippen LogP contribution in [0.15, 0.2) is 164 Å². The molecule has 6 aromatic carbocycles. The van der Waals surface area contributed by atoms with Crippen LogP contribution in [-0.2, 0) is 17.0 Å². The summed E-state index contributed by atoms with van der Waals surface area (Å²) in [5.74, 6) is 0.166. The van der Waals surface area contributed by atoms with Crippen molar-refractivity contribution < 1.29 is 18.3 Å². The Hall–Kier alpha value is -6.99. The average Bonchev–Trinajstić information content (AvgIpc) is 3.59. The minimum atomic E-state index is -4.41. The third kappa shape index (κ3) is 7.75. The van der Waals surface area contributed by atoms with Crippen LogP contribution >= 0.6 is 0 Å². The van der Waals surface area contributed by atoms with Crippen molar-refractivity contribution >= 4 is 21.8 Å². The lowest BCUT2D eigenvalue weighted by Gasteiger charge is -2.26. The zero-order chi connectivity index (χ0) is 43.6. The SMILES string of the molecule is CC(C)(C)c1cc(-c2cc(-c3cccc(-c4cc(-c5ccc6c(c5)c5ccccc5n6-c5ccc(C(F)(F)F)cc5)ccn4)c3)nc(-c3ccccc3O)c2)cc(C(C)(C)C)c1. The van der Waals surface area contributed by atoms with Crippen LogP contribution in [-0.4, -0.2) is 19.6 Å². The molecule has 0 fully saturated rings. The zero-order valence-corrected chi connectivity index (χ0v) is 35.5. The molecular weight excluding hydrogens is 776 g/mol. The molecule has 0 radical (unpaired) electrons. The van der Waals surface area contributed by atoms with Gasteiger partial charge in [0.2, 0.25) is 0 Å². The number of para-hydroxylation sites is 2. The van der Waals surface area contributed by atoms with Gasteiger partial charge in [-0.15, -0.1) is 0 Å². The highest BCUT2D eigenvalue weighted by Gasteiger charge is 2.30. The van der Waals surface area contributed by atoms with Crippen LogP contribution in [0.1, 0.15) is 58.2 Å². The van der Waals surface area contributed by atoms with E-state index < -0.39 is 11.7 Å². The van der Waals surface area contributed by atoms with Gasteiger partial charge in [-0.3, -0.25) is 4.98 Å². The topological polar surface area (TPSA) is 50.9 Å². The number of hydrogen-bond donors (Lipinski definition) is 1. The number of hydrogen-bond acceptors (Lipinski definition) is 3. The van der Waals surface area contributed by atoms with Gasteiger partial charge in [0.15, 0.2) is 0 Å². The number of rotatable bonds is 6. The molecule has 0 bridgehead atoms. The molecule has 308 valence electrons. The standard InChI is InChI=1S/C55H46F3N3O/c1-53(2,3)41-27-38(28-42(33-41)54(4,5)6)39-31-48(60-49(32-39)45-15-8-10-17-52(45)62)37-13-11-12-36(26-37)47-30-35(24-25-59-47)34-18-23-51-46(29-34)44-14-7-9-16-50(44)61(51)43-21-19-40(20-22-43)55(56,57)58/h7-33,62H,1-6H3. The number of phenols is 1. The first-order valence-electron chi connectivity index (χ1n) is 20.8. The first-order chi connectivity index (χ1) is 29.5. The molecule has 0 amide bonds. The van der Waals surface area contributed by atoms with Gasteiger partial charge in [-0.05, 0) is 129 Å². The maximum absolute atomic E-state index is 13.4. The molecule has 1 N–H and O–H groups in total. The summed E-state index contributed by atoms with van der Waals surface area (Å²) in [5.41, 5.74) is 12.9. The maximum atomic E-state index is 13.4. The molecule has 0 unspecified atom stereocenters. The predicted octanol–water partition coefficient (Wildman–Crippen LogP) is 15.2. The minimum Gasteiger partial charge on any atom is -0.507 e. The van der Waals surface area contributed by atoms with Gasteiger partial charge in [0.05, 0.1) is 33.7 Å². The molecule has 3 aromatic heterocycles. The van der Waals surface area contributed by atoms with Gasteiger partial charge in [0, 0.05) is 39.3 Å². The molecule has 0 aliphatic rings. The molecule has 9 aromatic rings. The van der Waals surface area contributed by atoms with Gasteiger partial charge >= 0.3 is 6.18 Å². The molecule has 0 saturated heterocycles. The summed E-state index contributed by atoms with van der Waals surface area (Å²) in [4.78, 5) is 9.98. The number of benzene rings is 6. The van der Waals surface area contributed by atoms with Crippen LogP contribution in [0.5, 0.6) is 5.75 Å². The van der Waals surface area contributed by atoms with E-state index in [0.29, 0.717) is 16.9 Å². The van der Waals surface area contributed by atoms with Crippen LogP contribution in [0.2, 0.25) is 0 Å². The van der Waals surface area contributed by atoms with Crippen molar-refractivity contribution in [2.24, 2.45) is 0 Å². The number of aromatic hydroxyl groups is 1. The fourth-order valence-corrected chi connectivity index (χ4v) is 8.17. The first kappa shape index (κ1) is 40.4. The van der Waals surface area contributed by atoms with Crippen molar-refractivity contribution in [3.8, 4) is 67.5 Å². The molecule has 3 heterocycles. The third-order valence-electron chi connectivity index (χ3n) is 11.7. The number of fused-ring (bicyclic) bond motifs is 3. The molecule has 4 nitrogen and oxygen atoms in total. The number of pyridine rings is 2. The van der Waals surface area contributed by atoms with E-state index in [-0.39, 0.29) is 16.6 Å². The largest absolute Gasteiger partial charge is 0.507 e. The molecule has 7 heteroatoms. The van der Waals surface area contributed by atoms with Gasteiger partial charge in [-0.1, -0.05) is 114 Å². The van der Waals surface area contributed by atoms with Crippen molar-refractivity contribution in [1.29, 1.82) is 0 Å². The third-order valence-corrected chi connectivity index (χ3v) is 11.7. The van der Waals surface area contributed by atoms with Gasteiger partial charge in [0.1, 0.15) is 5.75 Å². The summed E-state index contributed by atoms with van der Waals surface area (Å²) < 4.78 is 42.3. The van der Waals surface area contributed by atoms with Crippen molar-refractivity contribution in [2.75, 3.05) is 0 Å². The van der Waals surface area contributed by atoms with Crippen molar-refractivity contribution in [3.05, 3.63) is 181 Å². The molecular formula is C55H46F3N3O. The molecule has 0 aliphatic heterocycles. The minimum absolute atomic E-state index is 0.0671. The molecule has 0 atom stereocenters. The zero-order valence-electron chi connectivity index (χ0n) is 35.5. The molecule has 0 spiro atoms. The lowest BCUT2D eigenvalue weighted by atomic mass is 9.79. The highest BCUT2D eigenvalue weighted by Crippen LogP contribution is 2.40. The van der Waals surface area contributed by atoms with E-state index in [4.69, 9.17) is 9.97 Å². The summed E-state index contributed by atoms with van der Waals surface area (Å²) >= 11 is 0. The van der Waals surface area contributed by atoms with E-state index >= 15 is 0 Å². The highest BCUT2D eigenvalue weighted by atomic mass is 19.4. The van der Waals surface area contributed by atoms with Gasteiger partial charge in [0.25, 0.3) is 0 Å². The number of phenolic OH excluding ortho intramolecular Hbond substituents is 1. The van der Waals surface area contributed by atoms with Crippen LogP contribution in [0.25, 0.3) is 83.5 Å². The van der Waals surface area contributed by atoms with Crippen LogP contribution < -0.4 is 0 Å². The second-order valence-electron chi connectivity index (χ2n) is 18.1. The second-order valence-corrected chi connectivity index (χ2v) is 18.1. The van der Waals surface area contributed by atoms with E-state index in [1.165, 1.54) is 23.3 Å². The quantitative estimate of drug-likeness (QED) is 0.182. The van der Waals surface area contributed by atoms with Crippen molar-refractivity contribution in [1.82, 2.24) is 14.5 Å². The Bertz CT molecular complexity index is 3110. The van der Waals surface area contributed by atoms with Crippen LogP contribution in [0.3, 0.4) is 0 Å². The average molecular weight is 822 g/mol. The summed E-state index contributed by atoms with van der Waals surface area (Å²) in [6.07, 6.45) is -2.59. The summed E-state index contributed by atoms with van der Waals surface area (Å²) in [6.45, 7) is 13.4. The summed E-state index contributed by atoms with van der Waals surface area (Å²) in [6, 6.07) is 50.2. The van der Waals surface area contributed by atoms with E-state index in [0.717, 1.165) is 78.7 Å². The number of alkyl halides is 3. The highest BCUT2D eigenvalue weighted by molar-refractivity contribution is 6.10. The Kier molecular flexibility index (Phi) is 9.89. The van der Waals surface area contributed by atoms with Crippen molar-refractivity contribution in [2.45, 2.75) is 58.5 Å². The Labute approximate surface area is 360 Å². The molecule has 9 rings (SSSR count). The number of nitrogens with zero attached hydrogens (tertiary/aromatic N) is 3. The molecule has 0 saturated carbocycles.